The van der Waals surface area contributed by atoms with Gasteiger partial charge in [0.2, 0.25) is 0 Å². The van der Waals surface area contributed by atoms with Gasteiger partial charge in [-0.1, -0.05) is 0 Å². The van der Waals surface area contributed by atoms with Crippen molar-refractivity contribution in [1.29, 1.82) is 0 Å². The molecule has 6 nitrogen and oxygen atoms in total. The summed E-state index contributed by atoms with van der Waals surface area (Å²) >= 11 is 1.47. The van der Waals surface area contributed by atoms with Crippen molar-refractivity contribution in [1.82, 2.24) is 19.9 Å². The number of hydrogen-bond donors (Lipinski definition) is 2. The van der Waals surface area contributed by atoms with Crippen LogP contribution in [0, 0.1) is 0 Å². The fraction of sp³-hybridized carbons (Fsp3) is 0.273. The molecule has 7 heteroatoms. The summed E-state index contributed by atoms with van der Waals surface area (Å²) in [5, 5.41) is 0. The van der Waals surface area contributed by atoms with Crippen LogP contribution in [-0.2, 0) is 6.54 Å². The van der Waals surface area contributed by atoms with Crippen LogP contribution in [0.5, 0.6) is 5.75 Å². The van der Waals surface area contributed by atoms with Gasteiger partial charge >= 0.3 is 0 Å². The Kier molecular flexibility index (Phi) is 4.69. The summed E-state index contributed by atoms with van der Waals surface area (Å²) < 4.78 is 5.90. The molecule has 1 aromatic carbocycles. The number of fused-ring (bicyclic) bond motifs is 1. The van der Waals surface area contributed by atoms with Crippen molar-refractivity contribution in [3.63, 3.8) is 0 Å². The molecular weight excluding hydrogens is 384 g/mol. The van der Waals surface area contributed by atoms with Gasteiger partial charge in [-0.15, -0.1) is 11.3 Å². The van der Waals surface area contributed by atoms with Crippen molar-refractivity contribution >= 4 is 21.6 Å². The number of rotatable bonds is 5. The van der Waals surface area contributed by atoms with Gasteiger partial charge in [0.05, 0.1) is 25.2 Å². The highest BCUT2D eigenvalue weighted by Gasteiger charge is 2.27. The Bertz CT molecular complexity index is 1180. The Labute approximate surface area is 172 Å². The summed E-state index contributed by atoms with van der Waals surface area (Å²) in [4.78, 5) is 27.2. The molecule has 3 aromatic heterocycles. The van der Waals surface area contributed by atoms with E-state index in [9.17, 15) is 4.79 Å². The largest absolute Gasteiger partial charge is 0.497 e. The number of ether oxygens (including phenoxy) is 1. The van der Waals surface area contributed by atoms with Crippen LogP contribution < -0.4 is 10.3 Å². The Morgan fingerprint density at radius 1 is 1.28 bits per heavy atom. The van der Waals surface area contributed by atoms with E-state index in [1.807, 2.05) is 42.6 Å². The molecule has 0 saturated carbocycles. The van der Waals surface area contributed by atoms with Crippen LogP contribution in [0.1, 0.15) is 30.4 Å². The summed E-state index contributed by atoms with van der Waals surface area (Å²) in [5.41, 5.74) is 2.98. The molecular formula is C22H22N4O2S. The van der Waals surface area contributed by atoms with Gasteiger partial charge in [0, 0.05) is 16.8 Å². The van der Waals surface area contributed by atoms with Gasteiger partial charge in [-0.2, -0.15) is 0 Å². The smallest absolute Gasteiger partial charge is 0.268 e. The second-order valence-electron chi connectivity index (χ2n) is 7.32. The first-order valence-electron chi connectivity index (χ1n) is 9.76. The van der Waals surface area contributed by atoms with E-state index in [0.717, 1.165) is 46.9 Å². The van der Waals surface area contributed by atoms with Crippen molar-refractivity contribution in [3.8, 4) is 16.2 Å². The first-order chi connectivity index (χ1) is 14.2. The van der Waals surface area contributed by atoms with E-state index in [1.165, 1.54) is 17.0 Å². The van der Waals surface area contributed by atoms with Crippen molar-refractivity contribution in [2.24, 2.45) is 0 Å². The number of aromatic amines is 2. The molecule has 0 aliphatic carbocycles. The zero-order valence-electron chi connectivity index (χ0n) is 16.1. The Morgan fingerprint density at radius 3 is 2.90 bits per heavy atom. The highest BCUT2D eigenvalue weighted by atomic mass is 32.1. The van der Waals surface area contributed by atoms with Crippen LogP contribution in [0.3, 0.4) is 0 Å². The molecule has 0 radical (unpaired) electrons. The lowest BCUT2D eigenvalue weighted by atomic mass is 10.1. The Balaban J connectivity index is 1.44. The minimum absolute atomic E-state index is 0.0645. The van der Waals surface area contributed by atoms with E-state index in [4.69, 9.17) is 9.72 Å². The van der Waals surface area contributed by atoms with E-state index in [2.05, 4.69) is 20.9 Å². The van der Waals surface area contributed by atoms with Gasteiger partial charge in [0.15, 0.2) is 0 Å². The van der Waals surface area contributed by atoms with Crippen molar-refractivity contribution in [3.05, 3.63) is 70.5 Å². The lowest BCUT2D eigenvalue weighted by Crippen LogP contribution is -2.25. The molecule has 0 spiro atoms. The van der Waals surface area contributed by atoms with Gasteiger partial charge in [-0.05, 0) is 67.4 Å². The fourth-order valence-corrected chi connectivity index (χ4v) is 5.07. The average Bonchev–Trinajstić information content (AvgIpc) is 3.48. The SMILES string of the molecule is COc1ccc(-c2cc3nc(CN4CCCC4c4ccc[nH]4)[nH]c(=O)c3s2)cc1. The highest BCUT2D eigenvalue weighted by molar-refractivity contribution is 7.22. The molecule has 4 heterocycles. The maximum atomic E-state index is 12.7. The minimum Gasteiger partial charge on any atom is -0.497 e. The van der Waals surface area contributed by atoms with Crippen LogP contribution in [0.15, 0.2) is 53.5 Å². The van der Waals surface area contributed by atoms with Gasteiger partial charge in [0.1, 0.15) is 16.3 Å². The third kappa shape index (κ3) is 3.47. The van der Waals surface area contributed by atoms with Gasteiger partial charge in [0.25, 0.3) is 5.56 Å². The second-order valence-corrected chi connectivity index (χ2v) is 8.37. The maximum absolute atomic E-state index is 12.7. The molecule has 1 aliphatic rings. The topological polar surface area (TPSA) is 74.0 Å². The molecule has 29 heavy (non-hydrogen) atoms. The van der Waals surface area contributed by atoms with Crippen LogP contribution >= 0.6 is 11.3 Å². The van der Waals surface area contributed by atoms with Gasteiger partial charge in [-0.3, -0.25) is 9.69 Å². The van der Waals surface area contributed by atoms with E-state index in [0.29, 0.717) is 17.3 Å². The molecule has 1 atom stereocenters. The third-order valence-corrected chi connectivity index (χ3v) is 6.68. The standard InChI is InChI=1S/C22H22N4O2S/c1-28-15-8-6-14(7-9-15)19-12-17-21(29-19)22(27)25-20(24-17)13-26-11-3-5-18(26)16-4-2-10-23-16/h2,4,6-10,12,18,23H,3,5,11,13H2,1H3,(H,24,25,27). The zero-order chi connectivity index (χ0) is 19.8. The third-order valence-electron chi connectivity index (χ3n) is 5.50. The van der Waals surface area contributed by atoms with Crippen molar-refractivity contribution < 1.29 is 4.74 Å². The Hall–Kier alpha value is -2.90. The minimum atomic E-state index is -0.0645. The second kappa shape index (κ2) is 7.50. The number of nitrogens with one attached hydrogen (secondary N) is 2. The van der Waals surface area contributed by atoms with Gasteiger partial charge < -0.3 is 14.7 Å². The van der Waals surface area contributed by atoms with Crippen LogP contribution in [0.2, 0.25) is 0 Å². The van der Waals surface area contributed by atoms with Crippen molar-refractivity contribution in [2.45, 2.75) is 25.4 Å². The van der Waals surface area contributed by atoms with Crippen molar-refractivity contribution in [2.75, 3.05) is 13.7 Å². The molecule has 1 fully saturated rings. The number of likely N-dealkylation sites (tertiary alicyclic amines) is 1. The van der Waals surface area contributed by atoms with E-state index >= 15 is 0 Å². The quantitative estimate of drug-likeness (QED) is 0.517. The monoisotopic (exact) mass is 406 g/mol. The van der Waals surface area contributed by atoms with E-state index in [-0.39, 0.29) is 5.56 Å². The molecule has 1 unspecified atom stereocenters. The summed E-state index contributed by atoms with van der Waals surface area (Å²) in [5.74, 6) is 1.54. The fourth-order valence-electron chi connectivity index (χ4n) is 4.07. The molecule has 148 valence electrons. The highest BCUT2D eigenvalue weighted by Crippen LogP contribution is 2.33. The number of hydrogen-bond acceptors (Lipinski definition) is 5. The number of methoxy groups -OCH3 is 1. The average molecular weight is 407 g/mol. The molecule has 4 aromatic rings. The van der Waals surface area contributed by atoms with E-state index in [1.54, 1.807) is 7.11 Å². The molecule has 0 bridgehead atoms. The number of thiophene rings is 1. The molecule has 1 saturated heterocycles. The van der Waals surface area contributed by atoms with Gasteiger partial charge in [-0.25, -0.2) is 4.98 Å². The number of H-pyrrole nitrogens is 2. The molecule has 1 aliphatic heterocycles. The summed E-state index contributed by atoms with van der Waals surface area (Å²) in [6.45, 7) is 1.65. The first-order valence-corrected chi connectivity index (χ1v) is 10.6. The molecule has 2 N–H and O–H groups in total. The summed E-state index contributed by atoms with van der Waals surface area (Å²) in [6.07, 6.45) is 4.23. The Morgan fingerprint density at radius 2 is 2.14 bits per heavy atom. The number of aromatic nitrogens is 3. The maximum Gasteiger partial charge on any atom is 0.268 e. The van der Waals surface area contributed by atoms with Crippen LogP contribution in [0.4, 0.5) is 0 Å². The first kappa shape index (κ1) is 18.1. The number of nitrogens with zero attached hydrogens (tertiary/aromatic N) is 2. The summed E-state index contributed by atoms with van der Waals surface area (Å²) in [6, 6.07) is 14.4. The van der Waals surface area contributed by atoms with Crippen LogP contribution in [-0.4, -0.2) is 33.5 Å². The normalized spacial score (nSPS) is 17.2. The number of benzene rings is 1. The molecule has 0 amide bonds. The predicted molar refractivity (Wildman–Crippen MR) is 115 cm³/mol. The van der Waals surface area contributed by atoms with E-state index < -0.39 is 0 Å². The zero-order valence-corrected chi connectivity index (χ0v) is 17.0. The molecule has 5 rings (SSSR count). The van der Waals surface area contributed by atoms with Crippen LogP contribution in [0.25, 0.3) is 20.7 Å². The predicted octanol–water partition coefficient (Wildman–Crippen LogP) is 4.33. The summed E-state index contributed by atoms with van der Waals surface area (Å²) in [7, 11) is 1.65. The lowest BCUT2D eigenvalue weighted by Gasteiger charge is -2.23. The lowest BCUT2D eigenvalue weighted by molar-refractivity contribution is 0.239.